The van der Waals surface area contributed by atoms with Crippen LogP contribution in [0, 0.1) is 0 Å². The largest absolute Gasteiger partial charge is 0.367 e. The van der Waals surface area contributed by atoms with Crippen LogP contribution in [-0.4, -0.2) is 48.5 Å². The van der Waals surface area contributed by atoms with E-state index in [1.54, 1.807) is 0 Å². The minimum Gasteiger partial charge on any atom is -0.367 e. The number of hydrogen-bond acceptors (Lipinski definition) is 3. The van der Waals surface area contributed by atoms with Crippen LogP contribution in [0.4, 0.5) is 5.69 Å². The molecule has 2 heterocycles. The molecule has 1 aliphatic heterocycles. The first kappa shape index (κ1) is 19.3. The number of fused-ring (bicyclic) bond motifs is 1. The molecule has 1 saturated heterocycles. The summed E-state index contributed by atoms with van der Waals surface area (Å²) in [5.74, 6) is 0.878. The van der Waals surface area contributed by atoms with Crippen molar-refractivity contribution < 1.29 is 0 Å². The quantitative estimate of drug-likeness (QED) is 0.520. The lowest BCUT2D eigenvalue weighted by atomic mass is 10.0. The number of benzene rings is 2. The van der Waals surface area contributed by atoms with E-state index >= 15 is 0 Å². The third-order valence-electron chi connectivity index (χ3n) is 5.61. The van der Waals surface area contributed by atoms with Crippen molar-refractivity contribution in [3.05, 3.63) is 60.4 Å². The summed E-state index contributed by atoms with van der Waals surface area (Å²) in [4.78, 5) is 6.84. The minimum atomic E-state index is 0.382. The lowest BCUT2D eigenvalue weighted by molar-refractivity contribution is 0.468. The Kier molecular flexibility index (Phi) is 5.98. The summed E-state index contributed by atoms with van der Waals surface area (Å²) in [5.41, 5.74) is 2.56. The van der Waals surface area contributed by atoms with Gasteiger partial charge in [0.25, 0.3) is 0 Å². The van der Waals surface area contributed by atoms with Gasteiger partial charge in [-0.05, 0) is 35.6 Å². The van der Waals surface area contributed by atoms with E-state index in [-0.39, 0.29) is 0 Å². The second kappa shape index (κ2) is 8.99. The minimum absolute atomic E-state index is 0.382. The van der Waals surface area contributed by atoms with Gasteiger partial charge in [0.1, 0.15) is 0 Å². The molecule has 3 aromatic rings. The Morgan fingerprint density at radius 3 is 2.90 bits per heavy atom. The molecular weight excluding hydrogens is 360 g/mol. The molecule has 6 nitrogen and oxygen atoms in total. The number of anilines is 1. The van der Waals surface area contributed by atoms with Gasteiger partial charge in [-0.25, -0.2) is 0 Å². The lowest BCUT2D eigenvalue weighted by Crippen LogP contribution is -2.51. The van der Waals surface area contributed by atoms with Crippen LogP contribution in [-0.2, 0) is 13.5 Å². The number of aliphatic imine (C=N–C) groups is 1. The molecule has 0 aliphatic carbocycles. The second-order valence-electron chi connectivity index (χ2n) is 7.69. The molecule has 29 heavy (non-hydrogen) atoms. The maximum atomic E-state index is 4.44. The van der Waals surface area contributed by atoms with Crippen molar-refractivity contribution >= 4 is 22.4 Å². The molecule has 0 bridgehead atoms. The van der Waals surface area contributed by atoms with Crippen LogP contribution in [0.25, 0.3) is 10.8 Å². The van der Waals surface area contributed by atoms with Gasteiger partial charge in [0.2, 0.25) is 0 Å². The maximum absolute atomic E-state index is 4.44. The Balaban J connectivity index is 1.31. The van der Waals surface area contributed by atoms with Gasteiger partial charge in [0, 0.05) is 46.0 Å². The van der Waals surface area contributed by atoms with E-state index in [4.69, 9.17) is 0 Å². The third-order valence-corrected chi connectivity index (χ3v) is 5.61. The SMILES string of the molecule is CN=C(NCCc1cccc2ccccc12)NC1CCCN(c2cnn(C)c2)C1. The highest BCUT2D eigenvalue weighted by Gasteiger charge is 2.21. The van der Waals surface area contributed by atoms with Gasteiger partial charge in [-0.1, -0.05) is 42.5 Å². The van der Waals surface area contributed by atoms with Crippen LogP contribution in [0.5, 0.6) is 0 Å². The first-order valence-electron chi connectivity index (χ1n) is 10.4. The lowest BCUT2D eigenvalue weighted by Gasteiger charge is -2.34. The van der Waals surface area contributed by atoms with Crippen molar-refractivity contribution in [2.75, 3.05) is 31.6 Å². The Morgan fingerprint density at radius 2 is 2.07 bits per heavy atom. The van der Waals surface area contributed by atoms with Gasteiger partial charge in [0.05, 0.1) is 11.9 Å². The molecule has 4 rings (SSSR count). The highest BCUT2D eigenvalue weighted by molar-refractivity contribution is 5.85. The van der Waals surface area contributed by atoms with Crippen molar-refractivity contribution in [3.8, 4) is 0 Å². The van der Waals surface area contributed by atoms with Crippen LogP contribution in [0.1, 0.15) is 18.4 Å². The fourth-order valence-corrected chi connectivity index (χ4v) is 4.12. The summed E-state index contributed by atoms with van der Waals surface area (Å²) in [6.45, 7) is 2.90. The van der Waals surface area contributed by atoms with Crippen molar-refractivity contribution in [1.29, 1.82) is 0 Å². The topological polar surface area (TPSA) is 57.5 Å². The molecule has 2 aromatic carbocycles. The monoisotopic (exact) mass is 390 g/mol. The van der Waals surface area contributed by atoms with Gasteiger partial charge in [-0.15, -0.1) is 0 Å². The number of nitrogens with zero attached hydrogens (tertiary/aromatic N) is 4. The molecule has 1 aromatic heterocycles. The van der Waals surface area contributed by atoms with Crippen LogP contribution >= 0.6 is 0 Å². The van der Waals surface area contributed by atoms with E-state index in [0.717, 1.165) is 38.4 Å². The number of piperidine rings is 1. The van der Waals surface area contributed by atoms with Crippen LogP contribution in [0.15, 0.2) is 59.9 Å². The van der Waals surface area contributed by atoms with E-state index in [2.05, 4.69) is 74.3 Å². The highest BCUT2D eigenvalue weighted by Crippen LogP contribution is 2.20. The molecule has 0 spiro atoms. The Bertz CT molecular complexity index is 971. The van der Waals surface area contributed by atoms with Crippen LogP contribution < -0.4 is 15.5 Å². The predicted molar refractivity (Wildman–Crippen MR) is 121 cm³/mol. The Labute approximate surface area is 172 Å². The summed E-state index contributed by atoms with van der Waals surface area (Å²) in [7, 11) is 3.81. The summed E-state index contributed by atoms with van der Waals surface area (Å²) >= 11 is 0. The first-order valence-corrected chi connectivity index (χ1v) is 10.4. The summed E-state index contributed by atoms with van der Waals surface area (Å²) in [6.07, 6.45) is 7.31. The number of nitrogens with one attached hydrogen (secondary N) is 2. The van der Waals surface area contributed by atoms with E-state index in [1.165, 1.54) is 28.4 Å². The standard InChI is InChI=1S/C23H30N6/c1-24-23(25-13-12-19-9-5-8-18-7-3-4-11-22(18)19)27-20-10-6-14-29(16-20)21-15-26-28(2)17-21/h3-5,7-9,11,15,17,20H,6,10,12-14,16H2,1-2H3,(H2,24,25,27). The average molecular weight is 391 g/mol. The van der Waals surface area contributed by atoms with Gasteiger partial charge in [-0.2, -0.15) is 5.10 Å². The molecule has 2 N–H and O–H groups in total. The molecule has 1 unspecified atom stereocenters. The molecule has 1 atom stereocenters. The summed E-state index contributed by atoms with van der Waals surface area (Å²) in [6, 6.07) is 15.5. The zero-order chi connectivity index (χ0) is 20.1. The number of guanidine groups is 1. The third kappa shape index (κ3) is 4.70. The molecular formula is C23H30N6. The molecule has 1 aliphatic rings. The average Bonchev–Trinajstić information content (AvgIpc) is 3.20. The first-order chi connectivity index (χ1) is 14.2. The number of aromatic nitrogens is 2. The molecule has 152 valence electrons. The normalized spacial score (nSPS) is 17.5. The molecule has 1 fully saturated rings. The second-order valence-corrected chi connectivity index (χ2v) is 7.69. The van der Waals surface area contributed by atoms with Crippen molar-refractivity contribution in [2.24, 2.45) is 12.0 Å². The number of hydrogen-bond donors (Lipinski definition) is 2. The van der Waals surface area contributed by atoms with Gasteiger partial charge < -0.3 is 15.5 Å². The highest BCUT2D eigenvalue weighted by atomic mass is 15.3. The number of rotatable bonds is 5. The van der Waals surface area contributed by atoms with Crippen LogP contribution in [0.3, 0.4) is 0 Å². The molecule has 0 saturated carbocycles. The fraction of sp³-hybridized carbons (Fsp3) is 0.391. The van der Waals surface area contributed by atoms with E-state index < -0.39 is 0 Å². The van der Waals surface area contributed by atoms with E-state index in [0.29, 0.717) is 6.04 Å². The van der Waals surface area contributed by atoms with Crippen molar-refractivity contribution in [2.45, 2.75) is 25.3 Å². The Hall–Kier alpha value is -3.02. The van der Waals surface area contributed by atoms with Gasteiger partial charge in [-0.3, -0.25) is 9.67 Å². The fourth-order valence-electron chi connectivity index (χ4n) is 4.12. The van der Waals surface area contributed by atoms with E-state index in [9.17, 15) is 0 Å². The van der Waals surface area contributed by atoms with Gasteiger partial charge in [0.15, 0.2) is 5.96 Å². The predicted octanol–water partition coefficient (Wildman–Crippen LogP) is 2.95. The molecule has 0 amide bonds. The number of aryl methyl sites for hydroxylation is 1. The van der Waals surface area contributed by atoms with Crippen LogP contribution in [0.2, 0.25) is 0 Å². The zero-order valence-electron chi connectivity index (χ0n) is 17.3. The van der Waals surface area contributed by atoms with Crippen molar-refractivity contribution in [3.63, 3.8) is 0 Å². The van der Waals surface area contributed by atoms with Crippen molar-refractivity contribution in [1.82, 2.24) is 20.4 Å². The molecule has 0 radical (unpaired) electrons. The maximum Gasteiger partial charge on any atom is 0.191 e. The Morgan fingerprint density at radius 1 is 1.21 bits per heavy atom. The summed E-state index contributed by atoms with van der Waals surface area (Å²) < 4.78 is 1.86. The van der Waals surface area contributed by atoms with E-state index in [1.807, 2.05) is 25.0 Å². The zero-order valence-corrected chi connectivity index (χ0v) is 17.3. The molecule has 6 heteroatoms. The smallest absolute Gasteiger partial charge is 0.191 e. The van der Waals surface area contributed by atoms with Gasteiger partial charge >= 0.3 is 0 Å². The summed E-state index contributed by atoms with van der Waals surface area (Å²) in [5, 5.41) is 14.0.